The van der Waals surface area contributed by atoms with Crippen molar-refractivity contribution in [2.45, 2.75) is 38.6 Å². The van der Waals surface area contributed by atoms with Crippen LogP contribution in [0.15, 0.2) is 40.0 Å². The summed E-state index contributed by atoms with van der Waals surface area (Å²) in [5, 5.41) is 6.71. The Balaban J connectivity index is 2.34. The van der Waals surface area contributed by atoms with Crippen molar-refractivity contribution in [3.8, 4) is 0 Å². The highest BCUT2D eigenvalue weighted by Gasteiger charge is 2.25. The Labute approximate surface area is 169 Å². The maximum Gasteiger partial charge on any atom is 0.276 e. The summed E-state index contributed by atoms with van der Waals surface area (Å²) >= 11 is 6.10. The van der Waals surface area contributed by atoms with Crippen LogP contribution in [-0.2, 0) is 16.6 Å². The first-order valence-corrected chi connectivity index (χ1v) is 10.8. The van der Waals surface area contributed by atoms with E-state index in [-0.39, 0.29) is 26.9 Å². The second-order valence-corrected chi connectivity index (χ2v) is 8.28. The van der Waals surface area contributed by atoms with Gasteiger partial charge in [0, 0.05) is 31.4 Å². The van der Waals surface area contributed by atoms with Gasteiger partial charge in [-0.1, -0.05) is 32.4 Å². The topological polar surface area (TPSA) is 101 Å². The molecule has 10 heteroatoms. The van der Waals surface area contributed by atoms with E-state index in [4.69, 9.17) is 11.6 Å². The minimum Gasteiger partial charge on any atom is -0.321 e. The van der Waals surface area contributed by atoms with Gasteiger partial charge in [0.25, 0.3) is 11.5 Å². The lowest BCUT2D eigenvalue weighted by Gasteiger charge is -2.19. The molecule has 1 N–H and O–H groups in total. The van der Waals surface area contributed by atoms with Gasteiger partial charge in [-0.2, -0.15) is 9.40 Å². The van der Waals surface area contributed by atoms with Crippen molar-refractivity contribution in [3.05, 3.63) is 51.4 Å². The molecule has 0 bridgehead atoms. The first kappa shape index (κ1) is 22.1. The average Bonchev–Trinajstić information content (AvgIpc) is 2.65. The van der Waals surface area contributed by atoms with E-state index in [0.29, 0.717) is 26.1 Å². The lowest BCUT2D eigenvalue weighted by atomic mass is 10.3. The number of aromatic nitrogens is 2. The van der Waals surface area contributed by atoms with Crippen LogP contribution in [0.2, 0.25) is 5.02 Å². The van der Waals surface area contributed by atoms with Crippen LogP contribution in [0, 0.1) is 0 Å². The number of amides is 1. The summed E-state index contributed by atoms with van der Waals surface area (Å²) in [6.07, 6.45) is 0.696. The van der Waals surface area contributed by atoms with Crippen LogP contribution in [0.3, 0.4) is 0 Å². The maximum atomic E-state index is 12.8. The lowest BCUT2D eigenvalue weighted by Crippen LogP contribution is -2.31. The van der Waals surface area contributed by atoms with Gasteiger partial charge >= 0.3 is 0 Å². The quantitative estimate of drug-likeness (QED) is 0.699. The summed E-state index contributed by atoms with van der Waals surface area (Å²) in [6, 6.07) is 6.83. The first-order valence-electron chi connectivity index (χ1n) is 8.93. The predicted molar refractivity (Wildman–Crippen MR) is 108 cm³/mol. The molecule has 0 unspecified atom stereocenters. The smallest absolute Gasteiger partial charge is 0.276 e. The molecular formula is C18H23ClN4O4S. The number of hydrogen-bond donors (Lipinski definition) is 1. The zero-order chi connectivity index (χ0) is 20.9. The van der Waals surface area contributed by atoms with Gasteiger partial charge in [-0.05, 0) is 30.7 Å². The third-order valence-corrected chi connectivity index (χ3v) is 6.58. The van der Waals surface area contributed by atoms with Crippen molar-refractivity contribution in [2.75, 3.05) is 18.4 Å². The summed E-state index contributed by atoms with van der Waals surface area (Å²) in [5.74, 6) is -0.557. The summed E-state index contributed by atoms with van der Waals surface area (Å²) in [4.78, 5) is 24.1. The highest BCUT2D eigenvalue weighted by molar-refractivity contribution is 7.89. The second-order valence-electron chi connectivity index (χ2n) is 5.97. The van der Waals surface area contributed by atoms with Crippen LogP contribution in [-0.4, -0.2) is 41.5 Å². The molecule has 1 heterocycles. The molecule has 1 aromatic heterocycles. The third kappa shape index (κ3) is 4.78. The van der Waals surface area contributed by atoms with Crippen molar-refractivity contribution < 1.29 is 13.2 Å². The Morgan fingerprint density at radius 1 is 1.18 bits per heavy atom. The summed E-state index contributed by atoms with van der Waals surface area (Å²) in [5.41, 5.74) is 0.0174. The monoisotopic (exact) mass is 426 g/mol. The molecule has 2 aromatic rings. The zero-order valence-electron chi connectivity index (χ0n) is 16.0. The van der Waals surface area contributed by atoms with Crippen molar-refractivity contribution in [1.29, 1.82) is 0 Å². The highest BCUT2D eigenvalue weighted by atomic mass is 35.5. The number of nitrogens with zero attached hydrogens (tertiary/aromatic N) is 3. The fraction of sp³-hybridized carbons (Fsp3) is 0.389. The molecule has 8 nitrogen and oxygen atoms in total. The minimum atomic E-state index is -3.79. The molecule has 28 heavy (non-hydrogen) atoms. The molecule has 1 amide bonds. The molecule has 0 aliphatic heterocycles. The van der Waals surface area contributed by atoms with Gasteiger partial charge in [-0.3, -0.25) is 9.59 Å². The van der Waals surface area contributed by atoms with Crippen molar-refractivity contribution in [3.63, 3.8) is 0 Å². The number of aryl methyl sites for hydroxylation is 1. The Morgan fingerprint density at radius 3 is 2.46 bits per heavy atom. The van der Waals surface area contributed by atoms with Gasteiger partial charge in [0.2, 0.25) is 10.0 Å². The van der Waals surface area contributed by atoms with Gasteiger partial charge in [0.1, 0.15) is 10.6 Å². The van der Waals surface area contributed by atoms with Crippen LogP contribution in [0.25, 0.3) is 0 Å². The van der Waals surface area contributed by atoms with E-state index in [0.717, 1.165) is 0 Å². The molecule has 0 aliphatic carbocycles. The molecule has 0 radical (unpaired) electrons. The lowest BCUT2D eigenvalue weighted by molar-refractivity contribution is 0.101. The number of halogens is 1. The summed E-state index contributed by atoms with van der Waals surface area (Å²) in [7, 11) is -3.79. The van der Waals surface area contributed by atoms with Crippen LogP contribution in [0.4, 0.5) is 5.69 Å². The highest BCUT2D eigenvalue weighted by Crippen LogP contribution is 2.28. The van der Waals surface area contributed by atoms with Gasteiger partial charge in [-0.15, -0.1) is 0 Å². The van der Waals surface area contributed by atoms with Gasteiger partial charge < -0.3 is 5.32 Å². The van der Waals surface area contributed by atoms with Crippen molar-refractivity contribution in [2.24, 2.45) is 0 Å². The van der Waals surface area contributed by atoms with E-state index in [1.807, 2.05) is 6.92 Å². The minimum absolute atomic E-state index is 0.0520. The Kier molecular flexibility index (Phi) is 7.34. The number of hydrogen-bond acceptors (Lipinski definition) is 5. The van der Waals surface area contributed by atoms with Crippen LogP contribution in [0.5, 0.6) is 0 Å². The van der Waals surface area contributed by atoms with Gasteiger partial charge in [-0.25, -0.2) is 13.1 Å². The van der Waals surface area contributed by atoms with Crippen LogP contribution >= 0.6 is 11.6 Å². The molecule has 0 saturated carbocycles. The molecule has 1 aromatic carbocycles. The van der Waals surface area contributed by atoms with E-state index in [1.54, 1.807) is 13.8 Å². The number of sulfonamides is 1. The molecule has 152 valence electrons. The standard InChI is InChI=1S/C18H23ClN4O4S/c1-4-11-23-17(24)10-9-15(21-23)18(25)20-13-7-8-14(19)16(12-13)28(26,27)22(5-2)6-3/h7-10,12H,4-6,11H2,1-3H3,(H,20,25). The molecule has 0 spiro atoms. The first-order chi connectivity index (χ1) is 13.2. The zero-order valence-corrected chi connectivity index (χ0v) is 17.5. The molecular weight excluding hydrogens is 404 g/mol. The number of nitrogens with one attached hydrogen (secondary N) is 1. The second kappa shape index (κ2) is 9.31. The van der Waals surface area contributed by atoms with Crippen LogP contribution in [0.1, 0.15) is 37.7 Å². The van der Waals surface area contributed by atoms with E-state index >= 15 is 0 Å². The fourth-order valence-electron chi connectivity index (χ4n) is 2.62. The summed E-state index contributed by atoms with van der Waals surface area (Å²) < 4.78 is 28.0. The van der Waals surface area contributed by atoms with Crippen molar-refractivity contribution in [1.82, 2.24) is 14.1 Å². The molecule has 0 fully saturated rings. The SMILES string of the molecule is CCCn1nc(C(=O)Nc2ccc(Cl)c(S(=O)(=O)N(CC)CC)c2)ccc1=O. The summed E-state index contributed by atoms with van der Waals surface area (Å²) in [6.45, 7) is 6.36. The largest absolute Gasteiger partial charge is 0.321 e. The fourth-order valence-corrected chi connectivity index (χ4v) is 4.58. The predicted octanol–water partition coefficient (Wildman–Crippen LogP) is 2.59. The average molecular weight is 427 g/mol. The van der Waals surface area contributed by atoms with E-state index in [2.05, 4.69) is 10.4 Å². The number of anilines is 1. The number of benzene rings is 1. The number of carbonyl (C=O) groups excluding carboxylic acids is 1. The molecule has 2 rings (SSSR count). The normalized spacial score (nSPS) is 11.6. The van der Waals surface area contributed by atoms with Crippen LogP contribution < -0.4 is 10.9 Å². The van der Waals surface area contributed by atoms with E-state index in [1.165, 1.54) is 39.3 Å². The maximum absolute atomic E-state index is 12.8. The third-order valence-electron chi connectivity index (χ3n) is 4.05. The van der Waals surface area contributed by atoms with Gasteiger partial charge in [0.15, 0.2) is 0 Å². The molecule has 0 saturated heterocycles. The Hall–Kier alpha value is -2.23. The molecule has 0 atom stereocenters. The van der Waals surface area contributed by atoms with Crippen molar-refractivity contribution >= 4 is 33.2 Å². The molecule has 0 aliphatic rings. The Bertz CT molecular complexity index is 1020. The van der Waals surface area contributed by atoms with E-state index < -0.39 is 15.9 Å². The Morgan fingerprint density at radius 2 is 1.86 bits per heavy atom. The van der Waals surface area contributed by atoms with Gasteiger partial charge in [0.05, 0.1) is 5.02 Å². The van der Waals surface area contributed by atoms with E-state index in [9.17, 15) is 18.0 Å². The number of rotatable bonds is 8. The number of carbonyl (C=O) groups is 1.